The van der Waals surface area contributed by atoms with Gasteiger partial charge in [-0.3, -0.25) is 0 Å². The molecular weight excluding hydrogens is 189 g/mol. The van der Waals surface area contributed by atoms with Gasteiger partial charge < -0.3 is 9.90 Å². The molecule has 0 aliphatic heterocycles. The number of nitrogens with zero attached hydrogens (tertiary/aromatic N) is 1. The topological polar surface area (TPSA) is 63.9 Å². The number of nitriles is 1. The summed E-state index contributed by atoms with van der Waals surface area (Å²) in [6.07, 6.45) is 2.65. The van der Waals surface area contributed by atoms with Crippen LogP contribution in [-0.2, 0) is 4.79 Å². The van der Waals surface area contributed by atoms with Crippen LogP contribution in [0.1, 0.15) is 39.5 Å². The van der Waals surface area contributed by atoms with E-state index in [-0.39, 0.29) is 41.9 Å². The Morgan fingerprint density at radius 2 is 2.14 bits per heavy atom. The van der Waals surface area contributed by atoms with E-state index < -0.39 is 5.97 Å². The molecule has 0 aromatic rings. The smallest absolute Gasteiger partial charge is 0.550 e. The molecule has 0 aliphatic carbocycles. The molecule has 0 unspecified atom stereocenters. The summed E-state index contributed by atoms with van der Waals surface area (Å²) in [5.74, 6) is -1.09. The Bertz CT molecular complexity index is 201. The van der Waals surface area contributed by atoms with E-state index in [1.54, 1.807) is 0 Å². The summed E-state index contributed by atoms with van der Waals surface area (Å²) in [5, 5.41) is 18.9. The molecule has 0 N–H and O–H groups in total. The first kappa shape index (κ1) is 16.4. The summed E-state index contributed by atoms with van der Waals surface area (Å²) in [7, 11) is 0. The van der Waals surface area contributed by atoms with Gasteiger partial charge >= 0.3 is 29.6 Å². The van der Waals surface area contributed by atoms with E-state index in [1.807, 2.05) is 13.0 Å². The Morgan fingerprint density at radius 3 is 2.50 bits per heavy atom. The first-order valence-corrected chi connectivity index (χ1v) is 4.69. The Morgan fingerprint density at radius 1 is 1.57 bits per heavy atom. The van der Waals surface area contributed by atoms with Crippen LogP contribution in [0, 0.1) is 23.2 Å². The molecule has 0 bridgehead atoms. The normalized spacial score (nSPS) is 13.5. The average molecular weight is 205 g/mol. The molecule has 0 saturated heterocycles. The summed E-state index contributed by atoms with van der Waals surface area (Å²) in [4.78, 5) is 10.2. The molecule has 0 spiro atoms. The third-order valence-corrected chi connectivity index (χ3v) is 2.06. The minimum atomic E-state index is -1.13. The summed E-state index contributed by atoms with van der Waals surface area (Å²) >= 11 is 0. The van der Waals surface area contributed by atoms with Crippen LogP contribution in [0.25, 0.3) is 0 Å². The molecular formula is C10H16NNaO2. The van der Waals surface area contributed by atoms with E-state index in [4.69, 9.17) is 5.26 Å². The van der Waals surface area contributed by atoms with Gasteiger partial charge in [0.05, 0.1) is 12.0 Å². The molecule has 0 heterocycles. The van der Waals surface area contributed by atoms with Gasteiger partial charge in [0.2, 0.25) is 0 Å². The SMILES string of the molecule is CCC[C@@H](C)C[C@H](C#N)CC(=O)[O-].[Na+]. The predicted molar refractivity (Wildman–Crippen MR) is 47.4 cm³/mol. The van der Waals surface area contributed by atoms with Gasteiger partial charge in [-0.1, -0.05) is 26.7 Å². The summed E-state index contributed by atoms with van der Waals surface area (Å²) in [5.41, 5.74) is 0. The quantitative estimate of drug-likeness (QED) is 0.476. The van der Waals surface area contributed by atoms with Gasteiger partial charge in [0, 0.05) is 12.4 Å². The van der Waals surface area contributed by atoms with Crippen LogP contribution in [0.5, 0.6) is 0 Å². The standard InChI is InChI=1S/C10H17NO2.Na/c1-3-4-8(2)5-9(7-11)6-10(12)13;/h8-9H,3-6H2,1-2H3,(H,12,13);/q;+1/p-1/t8-,9+;/m1./s1. The van der Waals surface area contributed by atoms with Crippen LogP contribution in [0.15, 0.2) is 0 Å². The Kier molecular flexibility index (Phi) is 11.1. The fourth-order valence-electron chi connectivity index (χ4n) is 1.48. The third-order valence-electron chi connectivity index (χ3n) is 2.06. The zero-order chi connectivity index (χ0) is 10.3. The maximum absolute atomic E-state index is 10.2. The molecule has 14 heavy (non-hydrogen) atoms. The van der Waals surface area contributed by atoms with Crippen LogP contribution < -0.4 is 34.7 Å². The first-order chi connectivity index (χ1) is 6.10. The predicted octanol–water partition coefficient (Wildman–Crippen LogP) is -1.90. The van der Waals surface area contributed by atoms with E-state index in [1.165, 1.54) is 0 Å². The van der Waals surface area contributed by atoms with Crippen LogP contribution in [0.2, 0.25) is 0 Å². The van der Waals surface area contributed by atoms with E-state index in [0.717, 1.165) is 12.8 Å². The number of carboxylic acids is 1. The van der Waals surface area contributed by atoms with Crippen molar-refractivity contribution in [2.75, 3.05) is 0 Å². The van der Waals surface area contributed by atoms with Gasteiger partial charge in [-0.2, -0.15) is 5.26 Å². The van der Waals surface area contributed by atoms with E-state index in [9.17, 15) is 9.90 Å². The number of carbonyl (C=O) groups is 1. The van der Waals surface area contributed by atoms with Crippen LogP contribution in [0.3, 0.4) is 0 Å². The third kappa shape index (κ3) is 8.55. The van der Waals surface area contributed by atoms with Gasteiger partial charge in [0.1, 0.15) is 0 Å². The Labute approximate surface area is 108 Å². The zero-order valence-electron chi connectivity index (χ0n) is 9.25. The van der Waals surface area contributed by atoms with Gasteiger partial charge in [0.25, 0.3) is 0 Å². The number of carbonyl (C=O) groups excluding carboxylic acids is 1. The van der Waals surface area contributed by atoms with Crippen molar-refractivity contribution < 1.29 is 39.5 Å². The van der Waals surface area contributed by atoms with Crippen LogP contribution in [0.4, 0.5) is 0 Å². The van der Waals surface area contributed by atoms with Crippen molar-refractivity contribution in [2.24, 2.45) is 11.8 Å². The molecule has 0 aliphatic rings. The summed E-state index contributed by atoms with van der Waals surface area (Å²) in [6.45, 7) is 4.12. The van der Waals surface area contributed by atoms with E-state index >= 15 is 0 Å². The molecule has 2 atom stereocenters. The average Bonchev–Trinajstić information content (AvgIpc) is 2.02. The Balaban J connectivity index is 0. The molecule has 0 fully saturated rings. The van der Waals surface area contributed by atoms with Crippen molar-refractivity contribution in [2.45, 2.75) is 39.5 Å². The number of aliphatic carboxylic acids is 1. The van der Waals surface area contributed by atoms with Crippen molar-refractivity contribution in [3.8, 4) is 6.07 Å². The largest absolute Gasteiger partial charge is 1.00 e. The van der Waals surface area contributed by atoms with Crippen LogP contribution >= 0.6 is 0 Å². The summed E-state index contributed by atoms with van der Waals surface area (Å²) < 4.78 is 0. The minimum Gasteiger partial charge on any atom is -0.550 e. The fourth-order valence-corrected chi connectivity index (χ4v) is 1.48. The van der Waals surface area contributed by atoms with Crippen molar-refractivity contribution in [1.82, 2.24) is 0 Å². The number of carboxylic acid groups (broad SMARTS) is 1. The molecule has 0 aromatic heterocycles. The van der Waals surface area contributed by atoms with Gasteiger partial charge in [-0.05, 0) is 12.3 Å². The maximum atomic E-state index is 10.2. The first-order valence-electron chi connectivity index (χ1n) is 4.69. The molecule has 0 aromatic carbocycles. The minimum absolute atomic E-state index is 0. The van der Waals surface area contributed by atoms with Gasteiger partial charge in [0.15, 0.2) is 0 Å². The van der Waals surface area contributed by atoms with Crippen molar-refractivity contribution in [3.05, 3.63) is 0 Å². The van der Waals surface area contributed by atoms with E-state index in [2.05, 4.69) is 6.92 Å². The van der Waals surface area contributed by atoms with Crippen molar-refractivity contribution in [3.63, 3.8) is 0 Å². The zero-order valence-corrected chi connectivity index (χ0v) is 11.2. The molecule has 3 nitrogen and oxygen atoms in total. The van der Waals surface area contributed by atoms with Gasteiger partial charge in [-0.25, -0.2) is 0 Å². The molecule has 0 amide bonds. The number of rotatable bonds is 6. The van der Waals surface area contributed by atoms with Crippen molar-refractivity contribution in [1.29, 1.82) is 5.26 Å². The number of hydrogen-bond acceptors (Lipinski definition) is 3. The second-order valence-electron chi connectivity index (χ2n) is 3.53. The van der Waals surface area contributed by atoms with Gasteiger partial charge in [-0.15, -0.1) is 0 Å². The number of hydrogen-bond donors (Lipinski definition) is 0. The Hall–Kier alpha value is -0.0400. The summed E-state index contributed by atoms with van der Waals surface area (Å²) in [6, 6.07) is 2.00. The molecule has 4 heteroatoms. The second-order valence-corrected chi connectivity index (χ2v) is 3.53. The fraction of sp³-hybridized carbons (Fsp3) is 0.800. The van der Waals surface area contributed by atoms with Crippen molar-refractivity contribution >= 4 is 5.97 Å². The molecule has 0 radical (unpaired) electrons. The molecule has 0 saturated carbocycles. The van der Waals surface area contributed by atoms with Crippen LogP contribution in [-0.4, -0.2) is 5.97 Å². The molecule has 74 valence electrons. The molecule has 0 rings (SSSR count). The maximum Gasteiger partial charge on any atom is 1.00 e. The van der Waals surface area contributed by atoms with E-state index in [0.29, 0.717) is 12.3 Å². The monoisotopic (exact) mass is 205 g/mol. The second kappa shape index (κ2) is 9.51.